The summed E-state index contributed by atoms with van der Waals surface area (Å²) < 4.78 is 66.1. The van der Waals surface area contributed by atoms with Crippen molar-refractivity contribution in [3.63, 3.8) is 0 Å². The summed E-state index contributed by atoms with van der Waals surface area (Å²) in [4.78, 5) is 23.6. The number of halogens is 3. The maximum Gasteiger partial charge on any atom is 0.274 e. The lowest BCUT2D eigenvalue weighted by Crippen LogP contribution is -2.43. The minimum absolute atomic E-state index is 0.0655. The van der Waals surface area contributed by atoms with E-state index in [1.165, 1.54) is 6.20 Å². The van der Waals surface area contributed by atoms with Crippen LogP contribution in [0.5, 0.6) is 0 Å². The molecule has 3 heterocycles. The molecule has 1 aromatic carbocycles. The molecule has 0 radical (unpaired) electrons. The van der Waals surface area contributed by atoms with Gasteiger partial charge in [-0.3, -0.25) is 9.78 Å². The zero-order chi connectivity index (χ0) is 27.8. The second-order valence-electron chi connectivity index (χ2n) is 9.69. The SMILES string of the molecule is N[C@H]1CCCN(c2c(NC(=O)c3ccc(F)c(-c4c(F)cc(C[SH](=O)=O)cc4F)n3)cnc3c2CC[C@H]3O)C1. The lowest BCUT2D eigenvalue weighted by Gasteiger charge is -2.35. The van der Waals surface area contributed by atoms with Gasteiger partial charge >= 0.3 is 0 Å². The van der Waals surface area contributed by atoms with Gasteiger partial charge in [0.1, 0.15) is 39.5 Å². The summed E-state index contributed by atoms with van der Waals surface area (Å²) >= 11 is 0. The number of pyridine rings is 2. The summed E-state index contributed by atoms with van der Waals surface area (Å²) in [6.45, 7) is 1.24. The van der Waals surface area contributed by atoms with Crippen molar-refractivity contribution in [2.45, 2.75) is 43.6 Å². The number of nitrogens with zero attached hydrogens (tertiary/aromatic N) is 3. The predicted molar refractivity (Wildman–Crippen MR) is 138 cm³/mol. The third kappa shape index (κ3) is 5.47. The van der Waals surface area contributed by atoms with E-state index in [2.05, 4.69) is 15.3 Å². The van der Waals surface area contributed by atoms with Gasteiger partial charge in [0.25, 0.3) is 5.91 Å². The maximum absolute atomic E-state index is 14.8. The molecule has 4 N–H and O–H groups in total. The smallest absolute Gasteiger partial charge is 0.274 e. The fraction of sp³-hybridized carbons (Fsp3) is 0.346. The number of anilines is 2. The number of nitrogens with one attached hydrogen (secondary N) is 1. The van der Waals surface area contributed by atoms with Gasteiger partial charge in [0.05, 0.1) is 40.7 Å². The molecule has 2 aliphatic rings. The first-order valence-corrected chi connectivity index (χ1v) is 13.8. The van der Waals surface area contributed by atoms with Crippen molar-refractivity contribution >= 4 is 28.0 Å². The van der Waals surface area contributed by atoms with E-state index >= 15 is 0 Å². The molecule has 206 valence electrons. The molecule has 1 saturated heterocycles. The van der Waals surface area contributed by atoms with Gasteiger partial charge in [0, 0.05) is 24.7 Å². The predicted octanol–water partition coefficient (Wildman–Crippen LogP) is 2.83. The zero-order valence-corrected chi connectivity index (χ0v) is 21.6. The number of hydrogen-bond acceptors (Lipinski definition) is 8. The second-order valence-corrected chi connectivity index (χ2v) is 10.7. The van der Waals surface area contributed by atoms with Crippen molar-refractivity contribution in [1.29, 1.82) is 0 Å². The number of thiol groups is 1. The van der Waals surface area contributed by atoms with Crippen molar-refractivity contribution in [2.75, 3.05) is 23.3 Å². The quantitative estimate of drug-likeness (QED) is 0.337. The van der Waals surface area contributed by atoms with Crippen LogP contribution >= 0.6 is 0 Å². The van der Waals surface area contributed by atoms with Crippen molar-refractivity contribution in [2.24, 2.45) is 5.73 Å². The zero-order valence-electron chi connectivity index (χ0n) is 20.7. The Hall–Kier alpha value is -3.55. The van der Waals surface area contributed by atoms with Gasteiger partial charge in [-0.25, -0.2) is 26.6 Å². The molecule has 1 amide bonds. The van der Waals surface area contributed by atoms with Crippen LogP contribution < -0.4 is 16.0 Å². The van der Waals surface area contributed by atoms with E-state index in [1.54, 1.807) is 0 Å². The van der Waals surface area contributed by atoms with Gasteiger partial charge in [-0.15, -0.1) is 0 Å². The van der Waals surface area contributed by atoms with E-state index in [0.717, 1.165) is 42.7 Å². The first kappa shape index (κ1) is 27.0. The van der Waals surface area contributed by atoms with Gasteiger partial charge in [0.2, 0.25) is 0 Å². The Bertz CT molecular complexity index is 1500. The number of benzene rings is 1. The van der Waals surface area contributed by atoms with Gasteiger partial charge in [0.15, 0.2) is 0 Å². The number of aliphatic hydroxyl groups excluding tert-OH is 1. The van der Waals surface area contributed by atoms with Gasteiger partial charge in [-0.2, -0.15) is 0 Å². The fourth-order valence-electron chi connectivity index (χ4n) is 5.20. The highest BCUT2D eigenvalue weighted by atomic mass is 32.2. The largest absolute Gasteiger partial charge is 0.387 e. The van der Waals surface area contributed by atoms with E-state index < -0.39 is 57.2 Å². The minimum atomic E-state index is -2.93. The molecule has 13 heteroatoms. The summed E-state index contributed by atoms with van der Waals surface area (Å²) in [6.07, 6.45) is 3.48. The summed E-state index contributed by atoms with van der Waals surface area (Å²) in [5, 5.41) is 13.1. The summed E-state index contributed by atoms with van der Waals surface area (Å²) in [5.74, 6) is -4.84. The molecule has 1 aliphatic carbocycles. The van der Waals surface area contributed by atoms with E-state index in [4.69, 9.17) is 5.73 Å². The van der Waals surface area contributed by atoms with Crippen molar-refractivity contribution in [3.8, 4) is 11.3 Å². The highest BCUT2D eigenvalue weighted by molar-refractivity contribution is 7.71. The molecule has 39 heavy (non-hydrogen) atoms. The average molecular weight is 562 g/mol. The monoisotopic (exact) mass is 561 g/mol. The molecule has 1 fully saturated rings. The topological polar surface area (TPSA) is 139 Å². The van der Waals surface area contributed by atoms with E-state index in [9.17, 15) is 31.5 Å². The van der Waals surface area contributed by atoms with Crippen LogP contribution in [-0.4, -0.2) is 48.5 Å². The number of aromatic nitrogens is 2. The van der Waals surface area contributed by atoms with E-state index in [1.807, 2.05) is 4.90 Å². The number of fused-ring (bicyclic) bond motifs is 1. The summed E-state index contributed by atoms with van der Waals surface area (Å²) in [7, 11) is -2.93. The lowest BCUT2D eigenvalue weighted by molar-refractivity contribution is 0.102. The molecule has 0 saturated carbocycles. The summed E-state index contributed by atoms with van der Waals surface area (Å²) in [5.41, 5.74) is 6.60. The van der Waals surface area contributed by atoms with Crippen LogP contribution in [0.2, 0.25) is 0 Å². The number of rotatable bonds is 6. The first-order valence-electron chi connectivity index (χ1n) is 12.4. The Labute approximate surface area is 223 Å². The number of aliphatic hydroxyl groups is 1. The van der Waals surface area contributed by atoms with Gasteiger partial charge in [-0.1, -0.05) is 0 Å². The fourth-order valence-corrected chi connectivity index (χ4v) is 5.68. The summed E-state index contributed by atoms with van der Waals surface area (Å²) in [6, 6.07) is 3.47. The van der Waals surface area contributed by atoms with E-state index in [-0.39, 0.29) is 17.3 Å². The molecular weight excluding hydrogens is 535 g/mol. The maximum atomic E-state index is 14.8. The number of hydrogen-bond donors (Lipinski definition) is 4. The number of carbonyl (C=O) groups excluding carboxylic acids is 1. The first-order chi connectivity index (χ1) is 18.6. The minimum Gasteiger partial charge on any atom is -0.387 e. The Kier molecular flexibility index (Phi) is 7.56. The van der Waals surface area contributed by atoms with Crippen LogP contribution in [0.25, 0.3) is 11.3 Å². The van der Waals surface area contributed by atoms with Crippen LogP contribution in [0.15, 0.2) is 30.5 Å². The number of carbonyl (C=O) groups is 1. The second kappa shape index (κ2) is 10.9. The molecule has 5 rings (SSSR count). The standard InChI is InChI=1S/C26H26F3N5O4S/c27-16-4-5-19(32-24(16)22-17(28)8-13(9-18(22)29)12-39(37)38)26(36)33-20-10-31-23-15(3-6-21(23)35)25(20)34-7-1-2-14(30)11-34/h4-5,8-10,14,21,35,39H,1-3,6-7,11-12,30H2,(H,33,36)/t14-,21+/m0/s1. The molecule has 0 bridgehead atoms. The van der Waals surface area contributed by atoms with Crippen LogP contribution in [-0.2, 0) is 22.9 Å². The Balaban J connectivity index is 1.49. The van der Waals surface area contributed by atoms with Gasteiger partial charge < -0.3 is 21.1 Å². The average Bonchev–Trinajstić information content (AvgIpc) is 3.24. The lowest BCUT2D eigenvalue weighted by atomic mass is 10.0. The van der Waals surface area contributed by atoms with Crippen LogP contribution in [0.1, 0.15) is 52.7 Å². The Morgan fingerprint density at radius 3 is 2.59 bits per heavy atom. The normalized spacial score (nSPS) is 18.9. The number of piperidine rings is 1. The van der Waals surface area contributed by atoms with Crippen LogP contribution in [0, 0.1) is 17.5 Å². The van der Waals surface area contributed by atoms with Crippen molar-refractivity contribution < 1.29 is 31.5 Å². The number of nitrogens with two attached hydrogens (primary N) is 1. The highest BCUT2D eigenvalue weighted by Crippen LogP contribution is 2.41. The molecule has 3 aromatic rings. The third-order valence-electron chi connectivity index (χ3n) is 6.92. The molecule has 2 atom stereocenters. The van der Waals surface area contributed by atoms with Crippen molar-refractivity contribution in [3.05, 3.63) is 70.4 Å². The Morgan fingerprint density at radius 2 is 1.90 bits per heavy atom. The third-order valence-corrected chi connectivity index (χ3v) is 7.54. The molecule has 0 unspecified atom stereocenters. The van der Waals surface area contributed by atoms with Gasteiger partial charge in [-0.05, 0) is 55.5 Å². The van der Waals surface area contributed by atoms with Crippen LogP contribution in [0.4, 0.5) is 24.5 Å². The molecule has 9 nitrogen and oxygen atoms in total. The highest BCUT2D eigenvalue weighted by Gasteiger charge is 2.31. The molecular formula is C26H26F3N5O4S. The molecule has 1 aliphatic heterocycles. The Morgan fingerprint density at radius 1 is 1.15 bits per heavy atom. The molecule has 0 spiro atoms. The van der Waals surface area contributed by atoms with Crippen molar-refractivity contribution in [1.82, 2.24) is 9.97 Å². The van der Waals surface area contributed by atoms with Crippen LogP contribution in [0.3, 0.4) is 0 Å². The molecule has 2 aromatic heterocycles. The van der Waals surface area contributed by atoms with E-state index in [0.29, 0.717) is 43.0 Å². The number of amides is 1.